The van der Waals surface area contributed by atoms with E-state index in [0.717, 1.165) is 0 Å². The third kappa shape index (κ3) is 112. The van der Waals surface area contributed by atoms with Gasteiger partial charge in [0.2, 0.25) is 0 Å². The van der Waals surface area contributed by atoms with Crippen molar-refractivity contribution in [1.29, 1.82) is 0 Å². The van der Waals surface area contributed by atoms with Crippen LogP contribution in [0.5, 0.6) is 0 Å². The summed E-state index contributed by atoms with van der Waals surface area (Å²) in [6.45, 7) is 0. The van der Waals surface area contributed by atoms with Gasteiger partial charge >= 0.3 is 75.4 Å². The van der Waals surface area contributed by atoms with Crippen molar-refractivity contribution in [2.24, 2.45) is 0 Å². The Morgan fingerprint density at radius 3 is 0.250 bits per heavy atom. The molecule has 0 bridgehead atoms. The smallest absolute Gasteiger partial charge is 0 e. The molecule has 0 atom stereocenters. The minimum absolute atomic E-state index is 0. The van der Waals surface area contributed by atoms with Crippen molar-refractivity contribution in [2.45, 2.75) is 0 Å². The van der Waals surface area contributed by atoms with Crippen LogP contribution in [0.3, 0.4) is 0 Å². The first-order chi connectivity index (χ1) is 0. The van der Waals surface area contributed by atoms with E-state index in [4.69, 9.17) is 0 Å². The molecule has 0 aromatic heterocycles. The molecule has 12 heteroatoms. The zero-order valence-corrected chi connectivity index (χ0v) is 11.8. The molecule has 0 aromatic rings. The molecular formula is H18Li4PS7. The first-order valence-corrected chi connectivity index (χ1v) is 0. The molecule has 0 aromatic carbocycles. The molecule has 0 saturated heterocycles. The molecule has 3 radical (unpaired) electrons. The monoisotopic (exact) mass is 301 g/mol. The van der Waals surface area contributed by atoms with Crippen molar-refractivity contribution in [3.8, 4) is 0 Å². The molecule has 0 aliphatic carbocycles. The fourth-order valence-corrected chi connectivity index (χ4v) is 0. The Morgan fingerprint density at radius 2 is 0.250 bits per heavy atom. The molecule has 0 unspecified atom stereocenters. The van der Waals surface area contributed by atoms with Crippen LogP contribution < -0.4 is 0 Å². The molecule has 12 heavy (non-hydrogen) atoms. The minimum Gasteiger partial charge on any atom is 0 e. The van der Waals surface area contributed by atoms with Crippen LogP contribution in [0.25, 0.3) is 0 Å². The first-order valence-electron chi connectivity index (χ1n) is 0. The van der Waals surface area contributed by atoms with Crippen LogP contribution in [-0.2, 0) is 0 Å². The van der Waals surface area contributed by atoms with Gasteiger partial charge in [-0.1, -0.05) is 0 Å². The summed E-state index contributed by atoms with van der Waals surface area (Å²) < 4.78 is 0. The van der Waals surface area contributed by atoms with Gasteiger partial charge in [-0.15, -0.1) is 0 Å². The topological polar surface area (TPSA) is 0 Å². The Bertz CT molecular complexity index is 15.4. The SMILES string of the molecule is S.S.S.S.S.S.S.[LiH].[LiH].[LiH].[LiH].[P]. The summed E-state index contributed by atoms with van der Waals surface area (Å²) in [6.07, 6.45) is 0. The average molecular weight is 301 g/mol. The zero-order valence-electron chi connectivity index (χ0n) is 3.95. The van der Waals surface area contributed by atoms with Gasteiger partial charge in [-0.2, -0.15) is 94.5 Å². The second-order valence-corrected chi connectivity index (χ2v) is 0. The van der Waals surface area contributed by atoms with Gasteiger partial charge in [-0.05, 0) is 0 Å². The maximum Gasteiger partial charge on any atom is 0 e. The first kappa shape index (κ1) is 165. The Labute approximate surface area is 177 Å². The van der Waals surface area contributed by atoms with Crippen LogP contribution in [0.1, 0.15) is 0 Å². The van der Waals surface area contributed by atoms with Crippen molar-refractivity contribution < 1.29 is 0 Å². The Kier molecular flexibility index (Phi) is 1870. The molecule has 0 spiro atoms. The number of hydrogen-bond donors (Lipinski definition) is 0. The van der Waals surface area contributed by atoms with Crippen molar-refractivity contribution in [1.82, 2.24) is 0 Å². The molecular weight excluding hydrogens is 283 g/mol. The van der Waals surface area contributed by atoms with Gasteiger partial charge in [0.25, 0.3) is 0 Å². The van der Waals surface area contributed by atoms with E-state index in [-0.39, 0.29) is 180 Å². The third-order valence-corrected chi connectivity index (χ3v) is 0. The minimum atomic E-state index is 0. The van der Waals surface area contributed by atoms with Crippen molar-refractivity contribution in [3.63, 3.8) is 0 Å². The summed E-state index contributed by atoms with van der Waals surface area (Å²) in [5, 5.41) is 0. The van der Waals surface area contributed by atoms with E-state index in [1.807, 2.05) is 0 Å². The van der Waals surface area contributed by atoms with E-state index >= 15 is 0 Å². The zero-order chi connectivity index (χ0) is 0. The predicted octanol–water partition coefficient (Wildman–Crippen LogP) is -0.943. The van der Waals surface area contributed by atoms with E-state index in [9.17, 15) is 0 Å². The van der Waals surface area contributed by atoms with Gasteiger partial charge in [-0.25, -0.2) is 0 Å². The maximum atomic E-state index is 0. The van der Waals surface area contributed by atoms with Gasteiger partial charge in [0.1, 0.15) is 0 Å². The van der Waals surface area contributed by atoms with Crippen molar-refractivity contribution in [3.05, 3.63) is 0 Å². The van der Waals surface area contributed by atoms with Crippen LogP contribution >= 0.6 is 104 Å². The van der Waals surface area contributed by atoms with Crippen LogP contribution in [0, 0.1) is 0 Å². The molecule has 0 N–H and O–H groups in total. The van der Waals surface area contributed by atoms with Gasteiger partial charge in [0.05, 0.1) is 0 Å². The number of rotatable bonds is 0. The quantitative estimate of drug-likeness (QED) is 0.400. The second-order valence-electron chi connectivity index (χ2n) is 0. The molecule has 0 nitrogen and oxygen atoms in total. The molecule has 0 heterocycles. The maximum absolute atomic E-state index is 0. The van der Waals surface area contributed by atoms with Gasteiger partial charge in [0, 0.05) is 9.90 Å². The van der Waals surface area contributed by atoms with Crippen molar-refractivity contribution in [2.75, 3.05) is 0 Å². The van der Waals surface area contributed by atoms with Gasteiger partial charge in [-0.3, -0.25) is 0 Å². The van der Waals surface area contributed by atoms with Crippen LogP contribution in [-0.4, -0.2) is 75.4 Å². The fraction of sp³-hybridized carbons (Fsp3) is 0. The summed E-state index contributed by atoms with van der Waals surface area (Å²) in [4.78, 5) is 0. The molecule has 0 fully saturated rings. The fourth-order valence-electron chi connectivity index (χ4n) is 0. The average Bonchev–Trinajstić information content (AvgIpc) is 0. The largest absolute Gasteiger partial charge is 0 e. The summed E-state index contributed by atoms with van der Waals surface area (Å²) in [5.41, 5.74) is 0. The standard InChI is InChI=1S/4Li.P.7H2S.4H/h;;;;;7*1H2;;;;. The van der Waals surface area contributed by atoms with Crippen molar-refractivity contribution >= 4 is 180 Å². The summed E-state index contributed by atoms with van der Waals surface area (Å²) in [7, 11) is 0. The molecule has 0 saturated carbocycles. The van der Waals surface area contributed by atoms with Crippen LogP contribution in [0.4, 0.5) is 0 Å². The molecule has 0 amide bonds. The van der Waals surface area contributed by atoms with Crippen LogP contribution in [0.15, 0.2) is 0 Å². The van der Waals surface area contributed by atoms with E-state index in [1.165, 1.54) is 0 Å². The Morgan fingerprint density at radius 1 is 0.250 bits per heavy atom. The summed E-state index contributed by atoms with van der Waals surface area (Å²) >= 11 is 0. The molecule has 0 rings (SSSR count). The van der Waals surface area contributed by atoms with Gasteiger partial charge in [0.15, 0.2) is 0 Å². The molecule has 0 aliphatic heterocycles. The predicted molar refractivity (Wildman–Crippen MR) is 108 cm³/mol. The summed E-state index contributed by atoms with van der Waals surface area (Å²) in [6, 6.07) is 0. The normalized spacial score (nSPS) is 0. The van der Waals surface area contributed by atoms with E-state index in [2.05, 4.69) is 0 Å². The summed E-state index contributed by atoms with van der Waals surface area (Å²) in [5.74, 6) is 0. The van der Waals surface area contributed by atoms with E-state index in [0.29, 0.717) is 0 Å². The molecule has 0 aliphatic rings. The molecule has 69 valence electrons. The second kappa shape index (κ2) is 137. The third-order valence-electron chi connectivity index (χ3n) is 0. The van der Waals surface area contributed by atoms with Gasteiger partial charge < -0.3 is 0 Å². The van der Waals surface area contributed by atoms with E-state index in [1.54, 1.807) is 0 Å². The number of hydrogen-bond acceptors (Lipinski definition) is 0. The Balaban J connectivity index is 0. The Hall–Kier alpha value is 5.27. The van der Waals surface area contributed by atoms with E-state index < -0.39 is 0 Å². The van der Waals surface area contributed by atoms with Crippen LogP contribution in [0.2, 0.25) is 0 Å².